The smallest absolute Gasteiger partial charge is 0.366 e. The first-order valence-electron chi connectivity index (χ1n) is 10.7. The van der Waals surface area contributed by atoms with Crippen LogP contribution in [0.15, 0.2) is 71.8 Å². The highest BCUT2D eigenvalue weighted by Crippen LogP contribution is 2.57. The molecule has 1 aliphatic carbocycles. The highest BCUT2D eigenvalue weighted by Gasteiger charge is 2.70. The molecule has 0 bridgehead atoms. The van der Waals surface area contributed by atoms with Gasteiger partial charge in [0.1, 0.15) is 5.41 Å². The minimum Gasteiger partial charge on any atom is -0.465 e. The summed E-state index contributed by atoms with van der Waals surface area (Å²) in [5, 5.41) is 20.7. The lowest BCUT2D eigenvalue weighted by atomic mass is 9.60. The molecular formula is C26H28N2O4. The minimum atomic E-state index is -2.46. The zero-order valence-electron chi connectivity index (χ0n) is 18.6. The normalized spacial score (nSPS) is 27.9. The third kappa shape index (κ3) is 3.09. The van der Waals surface area contributed by atoms with Crippen LogP contribution >= 0.6 is 0 Å². The number of methoxy groups -OCH3 is 1. The molecule has 6 nitrogen and oxygen atoms in total. The molecule has 1 fully saturated rings. The second kappa shape index (κ2) is 8.02. The number of hydrogen-bond acceptors (Lipinski definition) is 5. The molecule has 1 spiro atoms. The number of rotatable bonds is 4. The van der Waals surface area contributed by atoms with Gasteiger partial charge in [-0.05, 0) is 37.8 Å². The van der Waals surface area contributed by atoms with E-state index in [-0.39, 0.29) is 24.6 Å². The van der Waals surface area contributed by atoms with Gasteiger partial charge in [-0.1, -0.05) is 71.8 Å². The van der Waals surface area contributed by atoms with Crippen molar-refractivity contribution in [2.24, 2.45) is 5.41 Å². The molecule has 2 N–H and O–H groups in total. The number of hydrogen-bond donors (Lipinski definition) is 2. The summed E-state index contributed by atoms with van der Waals surface area (Å²) in [6.07, 6.45) is 0.848. The summed E-state index contributed by atoms with van der Waals surface area (Å²) < 4.78 is 4.91. The minimum absolute atomic E-state index is 0.00133. The van der Waals surface area contributed by atoms with Crippen LogP contribution in [0.2, 0.25) is 0 Å². The van der Waals surface area contributed by atoms with Crippen LogP contribution in [0.4, 0.5) is 0 Å². The van der Waals surface area contributed by atoms with E-state index in [9.17, 15) is 14.7 Å². The van der Waals surface area contributed by atoms with Crippen molar-refractivity contribution < 1.29 is 19.4 Å². The Kier molecular flexibility index (Phi) is 5.51. The highest BCUT2D eigenvalue weighted by molar-refractivity contribution is 6.26. The topological polar surface area (TPSA) is 90.7 Å². The van der Waals surface area contributed by atoms with Crippen molar-refractivity contribution in [1.29, 1.82) is 5.41 Å². The molecule has 166 valence electrons. The van der Waals surface area contributed by atoms with Crippen molar-refractivity contribution in [3.05, 3.63) is 82.9 Å². The van der Waals surface area contributed by atoms with Crippen LogP contribution in [0.3, 0.4) is 0 Å². The summed E-state index contributed by atoms with van der Waals surface area (Å²) in [7, 11) is 1.16. The number of esters is 1. The van der Waals surface area contributed by atoms with Crippen LogP contribution in [0.25, 0.3) is 0 Å². The van der Waals surface area contributed by atoms with Gasteiger partial charge in [0.25, 0.3) is 5.72 Å². The molecule has 0 unspecified atom stereocenters. The zero-order chi connectivity index (χ0) is 23.1. The number of aliphatic hydroxyl groups is 1. The maximum atomic E-state index is 14.2. The molecule has 3 atom stereocenters. The predicted molar refractivity (Wildman–Crippen MR) is 121 cm³/mol. The average Bonchev–Trinajstić information content (AvgIpc) is 2.97. The fourth-order valence-corrected chi connectivity index (χ4v) is 5.17. The average molecular weight is 433 g/mol. The molecule has 1 saturated heterocycles. The van der Waals surface area contributed by atoms with Gasteiger partial charge in [0, 0.05) is 12.5 Å². The fraction of sp³-hybridized carbons (Fsp3) is 0.346. The van der Waals surface area contributed by atoms with Gasteiger partial charge in [0.15, 0.2) is 0 Å². The summed E-state index contributed by atoms with van der Waals surface area (Å²) in [5.74, 6) is -1.80. The van der Waals surface area contributed by atoms with E-state index in [2.05, 4.69) is 0 Å². The number of benzene rings is 2. The number of nitrogens with one attached hydrogen (secondary N) is 1. The van der Waals surface area contributed by atoms with Crippen molar-refractivity contribution in [3.8, 4) is 0 Å². The van der Waals surface area contributed by atoms with E-state index in [1.165, 1.54) is 0 Å². The molecule has 1 aliphatic heterocycles. The lowest BCUT2D eigenvalue weighted by molar-refractivity contribution is -0.175. The van der Waals surface area contributed by atoms with E-state index in [1.54, 1.807) is 0 Å². The van der Waals surface area contributed by atoms with Gasteiger partial charge in [-0.15, -0.1) is 0 Å². The monoisotopic (exact) mass is 432 g/mol. The van der Waals surface area contributed by atoms with Crippen LogP contribution in [-0.2, 0) is 20.9 Å². The molecule has 6 heteroatoms. The number of ether oxygens (including phenoxy) is 1. The van der Waals surface area contributed by atoms with Crippen LogP contribution in [0, 0.1) is 10.8 Å². The number of carbonyl (C=O) groups excluding carboxylic acids is 2. The molecule has 2 aliphatic rings. The van der Waals surface area contributed by atoms with E-state index in [1.807, 2.05) is 74.5 Å². The maximum absolute atomic E-state index is 14.2. The Morgan fingerprint density at radius 2 is 1.69 bits per heavy atom. The number of allylic oxidation sites excluding steroid dienone is 2. The van der Waals surface area contributed by atoms with Crippen molar-refractivity contribution in [1.82, 2.24) is 4.90 Å². The SMILES string of the molecule is COC(=O)[C@]1(O)C(=N)[C@@]2(CC(C)=C(C)C[C@@H]2c2ccccc2)C(=O)N1Cc1ccccc1. The maximum Gasteiger partial charge on any atom is 0.366 e. The van der Waals surface area contributed by atoms with Gasteiger partial charge in [-0.3, -0.25) is 9.69 Å². The first kappa shape index (κ1) is 22.0. The van der Waals surface area contributed by atoms with Crippen LogP contribution in [-0.4, -0.2) is 40.4 Å². The van der Waals surface area contributed by atoms with E-state index >= 15 is 0 Å². The van der Waals surface area contributed by atoms with Gasteiger partial charge in [-0.2, -0.15) is 0 Å². The Balaban J connectivity index is 1.91. The predicted octanol–water partition coefficient (Wildman–Crippen LogP) is 3.81. The Morgan fingerprint density at radius 1 is 1.09 bits per heavy atom. The summed E-state index contributed by atoms with van der Waals surface area (Å²) >= 11 is 0. The van der Waals surface area contributed by atoms with E-state index in [4.69, 9.17) is 10.1 Å². The van der Waals surface area contributed by atoms with E-state index in [0.29, 0.717) is 6.42 Å². The fourth-order valence-electron chi connectivity index (χ4n) is 5.17. The molecule has 32 heavy (non-hydrogen) atoms. The van der Waals surface area contributed by atoms with Gasteiger partial charge >= 0.3 is 5.97 Å². The number of likely N-dealkylation sites (tertiary alicyclic amines) is 1. The van der Waals surface area contributed by atoms with Crippen molar-refractivity contribution in [3.63, 3.8) is 0 Å². The van der Waals surface area contributed by atoms with Gasteiger partial charge < -0.3 is 15.3 Å². The second-order valence-electron chi connectivity index (χ2n) is 8.79. The van der Waals surface area contributed by atoms with Crippen LogP contribution in [0.5, 0.6) is 0 Å². The Morgan fingerprint density at radius 3 is 2.28 bits per heavy atom. The van der Waals surface area contributed by atoms with E-state index in [0.717, 1.165) is 34.3 Å². The van der Waals surface area contributed by atoms with Crippen molar-refractivity contribution >= 4 is 17.6 Å². The van der Waals surface area contributed by atoms with Crippen molar-refractivity contribution in [2.45, 2.75) is 44.9 Å². The molecule has 2 aromatic rings. The van der Waals surface area contributed by atoms with Gasteiger partial charge in [0.05, 0.1) is 12.8 Å². The van der Waals surface area contributed by atoms with Gasteiger partial charge in [-0.25, -0.2) is 4.79 Å². The molecule has 4 rings (SSSR count). The Hall–Kier alpha value is -3.25. The quantitative estimate of drug-likeness (QED) is 0.568. The lowest BCUT2D eigenvalue weighted by Crippen LogP contribution is -2.56. The Bertz CT molecular complexity index is 1100. The van der Waals surface area contributed by atoms with Gasteiger partial charge in [0.2, 0.25) is 5.91 Å². The summed E-state index contributed by atoms with van der Waals surface area (Å²) in [6, 6.07) is 18.8. The summed E-state index contributed by atoms with van der Waals surface area (Å²) in [4.78, 5) is 28.2. The second-order valence-corrected chi connectivity index (χ2v) is 8.79. The number of carbonyl (C=O) groups is 2. The number of amides is 1. The molecule has 0 saturated carbocycles. The molecule has 1 amide bonds. The summed E-state index contributed by atoms with van der Waals surface area (Å²) in [5.41, 5.74) is -0.298. The lowest BCUT2D eigenvalue weighted by Gasteiger charge is -2.41. The Labute approximate surface area is 188 Å². The number of nitrogens with zero attached hydrogens (tertiary/aromatic N) is 1. The molecule has 2 aromatic carbocycles. The van der Waals surface area contributed by atoms with E-state index < -0.39 is 23.0 Å². The molecular weight excluding hydrogens is 404 g/mol. The largest absolute Gasteiger partial charge is 0.465 e. The molecule has 0 radical (unpaired) electrons. The first-order chi connectivity index (χ1) is 15.3. The third-order valence-electron chi connectivity index (χ3n) is 7.05. The highest BCUT2D eigenvalue weighted by atomic mass is 16.5. The first-order valence-corrected chi connectivity index (χ1v) is 10.7. The third-order valence-corrected chi connectivity index (χ3v) is 7.05. The van der Waals surface area contributed by atoms with Crippen LogP contribution in [0.1, 0.15) is 43.7 Å². The standard InChI is InChI=1S/C26H28N2O4/c1-17-14-21(20-12-8-5-9-13-20)25(15-18(17)2)22(27)26(31,24(30)32-3)28(23(25)29)16-19-10-6-4-7-11-19/h4-13,21,27,31H,14-16H2,1-3H3/t21-,25+,26-/m1/s1. The molecule has 1 heterocycles. The summed E-state index contributed by atoms with van der Waals surface area (Å²) in [6.45, 7) is 3.99. The van der Waals surface area contributed by atoms with Crippen molar-refractivity contribution in [2.75, 3.05) is 7.11 Å². The molecule has 0 aromatic heterocycles. The van der Waals surface area contributed by atoms with Crippen LogP contribution < -0.4 is 0 Å². The zero-order valence-corrected chi connectivity index (χ0v) is 18.6.